The number of carbonyl (C=O) groups excluding carboxylic acids is 2. The fourth-order valence-electron chi connectivity index (χ4n) is 4.51. The lowest BCUT2D eigenvalue weighted by molar-refractivity contribution is -0.141. The fourth-order valence-corrected chi connectivity index (χ4v) is 4.51. The van der Waals surface area contributed by atoms with Crippen LogP contribution in [-0.4, -0.2) is 35.9 Å². The maximum Gasteiger partial charge on any atom is 0.243 e. The summed E-state index contributed by atoms with van der Waals surface area (Å²) >= 11 is 0. The number of nitrogens with one attached hydrogen (secondary N) is 1. The van der Waals surface area contributed by atoms with Crippen LogP contribution >= 0.6 is 0 Å². The Labute approximate surface area is 192 Å². The van der Waals surface area contributed by atoms with Crippen molar-refractivity contribution < 1.29 is 14.3 Å². The zero-order chi connectivity index (χ0) is 23.1. The molecule has 3 rings (SSSR count). The summed E-state index contributed by atoms with van der Waals surface area (Å²) in [5.41, 5.74) is 4.18. The molecule has 0 aromatic heterocycles. The number of carbonyl (C=O) groups is 2. The number of amides is 2. The molecule has 172 valence electrons. The average Bonchev–Trinajstić information content (AvgIpc) is 3.29. The molecule has 1 fully saturated rings. The molecule has 1 atom stereocenters. The smallest absolute Gasteiger partial charge is 0.243 e. The van der Waals surface area contributed by atoms with Crippen LogP contribution in [0.15, 0.2) is 42.5 Å². The van der Waals surface area contributed by atoms with Gasteiger partial charge in [0.25, 0.3) is 0 Å². The van der Waals surface area contributed by atoms with Crippen LogP contribution in [0.2, 0.25) is 0 Å². The zero-order valence-electron chi connectivity index (χ0n) is 19.8. The number of benzene rings is 2. The van der Waals surface area contributed by atoms with E-state index in [4.69, 9.17) is 4.74 Å². The maximum atomic E-state index is 13.6. The van der Waals surface area contributed by atoms with E-state index in [1.165, 1.54) is 0 Å². The van der Waals surface area contributed by atoms with Crippen LogP contribution in [0, 0.1) is 13.8 Å². The van der Waals surface area contributed by atoms with Gasteiger partial charge in [-0.3, -0.25) is 9.59 Å². The zero-order valence-corrected chi connectivity index (χ0v) is 19.8. The number of ether oxygens (including phenoxy) is 1. The summed E-state index contributed by atoms with van der Waals surface area (Å²) in [7, 11) is 1.63. The standard InChI is InChI=1S/C27H36N2O3/c1-5-25(27(31)28-23-10-6-7-11-23)29(18-21-9-8-12-24(16-21)32-4)26(30)17-22-15-19(2)13-14-20(22)3/h8-9,12-16,23,25H,5-7,10-11,17-18H2,1-4H3,(H,28,31)/t25-/m0/s1. The minimum absolute atomic E-state index is 0.0325. The van der Waals surface area contributed by atoms with E-state index in [9.17, 15) is 9.59 Å². The molecule has 2 aromatic carbocycles. The molecule has 2 amide bonds. The molecule has 2 aromatic rings. The monoisotopic (exact) mass is 436 g/mol. The molecule has 0 heterocycles. The van der Waals surface area contributed by atoms with Crippen LogP contribution in [-0.2, 0) is 22.6 Å². The van der Waals surface area contributed by atoms with Gasteiger partial charge in [-0.05, 0) is 61.9 Å². The van der Waals surface area contributed by atoms with Crippen molar-refractivity contribution in [3.05, 3.63) is 64.7 Å². The van der Waals surface area contributed by atoms with Crippen LogP contribution < -0.4 is 10.1 Å². The van der Waals surface area contributed by atoms with Crippen molar-refractivity contribution in [1.29, 1.82) is 0 Å². The second-order valence-corrected chi connectivity index (χ2v) is 8.89. The Morgan fingerprint density at radius 2 is 1.88 bits per heavy atom. The van der Waals surface area contributed by atoms with Crippen molar-refractivity contribution in [3.8, 4) is 5.75 Å². The Bertz CT molecular complexity index is 934. The quantitative estimate of drug-likeness (QED) is 0.619. The summed E-state index contributed by atoms with van der Waals surface area (Å²) in [6, 6.07) is 13.6. The Morgan fingerprint density at radius 3 is 2.56 bits per heavy atom. The second kappa shape index (κ2) is 11.2. The summed E-state index contributed by atoms with van der Waals surface area (Å²) in [6.07, 6.45) is 5.20. The summed E-state index contributed by atoms with van der Waals surface area (Å²) in [6.45, 7) is 6.41. The number of rotatable bonds is 9. The van der Waals surface area contributed by atoms with Crippen LogP contribution in [0.3, 0.4) is 0 Å². The molecule has 1 aliphatic rings. The summed E-state index contributed by atoms with van der Waals surface area (Å²) in [5.74, 6) is 0.666. The lowest BCUT2D eigenvalue weighted by Gasteiger charge is -2.32. The third-order valence-electron chi connectivity index (χ3n) is 6.42. The van der Waals surface area contributed by atoms with E-state index in [1.54, 1.807) is 12.0 Å². The number of hydrogen-bond acceptors (Lipinski definition) is 3. The first-order valence-electron chi connectivity index (χ1n) is 11.7. The minimum Gasteiger partial charge on any atom is -0.497 e. The first-order valence-corrected chi connectivity index (χ1v) is 11.7. The predicted octanol–water partition coefficient (Wildman–Crippen LogP) is 4.72. The van der Waals surface area contributed by atoms with Crippen LogP contribution in [0.5, 0.6) is 5.75 Å². The SMILES string of the molecule is CC[C@@H](C(=O)NC1CCCC1)N(Cc1cccc(OC)c1)C(=O)Cc1cc(C)ccc1C. The van der Waals surface area contributed by atoms with E-state index in [1.807, 2.05) is 45.0 Å². The highest BCUT2D eigenvalue weighted by molar-refractivity contribution is 5.88. The first-order chi connectivity index (χ1) is 15.4. The topological polar surface area (TPSA) is 58.6 Å². The Hall–Kier alpha value is -2.82. The Kier molecular flexibility index (Phi) is 8.32. The second-order valence-electron chi connectivity index (χ2n) is 8.89. The first kappa shape index (κ1) is 23.8. The van der Waals surface area contributed by atoms with Crippen molar-refractivity contribution >= 4 is 11.8 Å². The third kappa shape index (κ3) is 6.12. The molecule has 0 saturated heterocycles. The van der Waals surface area contributed by atoms with E-state index >= 15 is 0 Å². The number of methoxy groups -OCH3 is 1. The molecule has 0 aliphatic heterocycles. The number of nitrogens with zero attached hydrogens (tertiary/aromatic N) is 1. The van der Waals surface area contributed by atoms with E-state index in [0.717, 1.165) is 53.7 Å². The predicted molar refractivity (Wildman–Crippen MR) is 128 cm³/mol. The van der Waals surface area contributed by atoms with Crippen LogP contribution in [0.4, 0.5) is 0 Å². The van der Waals surface area contributed by atoms with Gasteiger partial charge in [-0.25, -0.2) is 0 Å². The van der Waals surface area contributed by atoms with Gasteiger partial charge in [0, 0.05) is 12.6 Å². The van der Waals surface area contributed by atoms with Gasteiger partial charge in [-0.1, -0.05) is 55.7 Å². The molecule has 5 heteroatoms. The largest absolute Gasteiger partial charge is 0.497 e. The van der Waals surface area contributed by atoms with Gasteiger partial charge in [0.05, 0.1) is 13.5 Å². The lowest BCUT2D eigenvalue weighted by Crippen LogP contribution is -2.51. The van der Waals surface area contributed by atoms with Gasteiger partial charge < -0.3 is 15.0 Å². The van der Waals surface area contributed by atoms with Crippen molar-refractivity contribution in [2.24, 2.45) is 0 Å². The molecule has 0 bridgehead atoms. The van der Waals surface area contributed by atoms with Gasteiger partial charge in [0.1, 0.15) is 11.8 Å². The highest BCUT2D eigenvalue weighted by Gasteiger charge is 2.30. The molecule has 0 unspecified atom stereocenters. The van der Waals surface area contributed by atoms with Gasteiger partial charge in [0.15, 0.2) is 0 Å². The van der Waals surface area contributed by atoms with Crippen molar-refractivity contribution in [3.63, 3.8) is 0 Å². The molecule has 1 N–H and O–H groups in total. The highest BCUT2D eigenvalue weighted by atomic mass is 16.5. The van der Waals surface area contributed by atoms with Crippen molar-refractivity contribution in [1.82, 2.24) is 10.2 Å². The van der Waals surface area contributed by atoms with E-state index in [2.05, 4.69) is 23.5 Å². The van der Waals surface area contributed by atoms with E-state index < -0.39 is 6.04 Å². The van der Waals surface area contributed by atoms with E-state index in [-0.39, 0.29) is 24.3 Å². The number of aryl methyl sites for hydroxylation is 2. The summed E-state index contributed by atoms with van der Waals surface area (Å²) in [5, 5.41) is 3.20. The maximum absolute atomic E-state index is 13.6. The molecular weight excluding hydrogens is 400 g/mol. The normalized spacial score (nSPS) is 14.8. The lowest BCUT2D eigenvalue weighted by atomic mass is 10.0. The van der Waals surface area contributed by atoms with Gasteiger partial charge >= 0.3 is 0 Å². The molecular formula is C27H36N2O3. The summed E-state index contributed by atoms with van der Waals surface area (Å²) in [4.78, 5) is 28.6. The summed E-state index contributed by atoms with van der Waals surface area (Å²) < 4.78 is 5.36. The fraction of sp³-hybridized carbons (Fsp3) is 0.481. The molecule has 0 spiro atoms. The average molecular weight is 437 g/mol. The van der Waals surface area contributed by atoms with Crippen LogP contribution in [0.25, 0.3) is 0 Å². The number of hydrogen-bond donors (Lipinski definition) is 1. The minimum atomic E-state index is -0.501. The van der Waals surface area contributed by atoms with Crippen LogP contribution in [0.1, 0.15) is 61.3 Å². The Morgan fingerprint density at radius 1 is 1.12 bits per heavy atom. The van der Waals surface area contributed by atoms with Crippen molar-refractivity contribution in [2.75, 3.05) is 7.11 Å². The molecule has 5 nitrogen and oxygen atoms in total. The highest BCUT2D eigenvalue weighted by Crippen LogP contribution is 2.21. The van der Waals surface area contributed by atoms with E-state index in [0.29, 0.717) is 13.0 Å². The van der Waals surface area contributed by atoms with Gasteiger partial charge in [-0.15, -0.1) is 0 Å². The van der Waals surface area contributed by atoms with Gasteiger partial charge in [-0.2, -0.15) is 0 Å². The molecule has 32 heavy (non-hydrogen) atoms. The van der Waals surface area contributed by atoms with Crippen molar-refractivity contribution in [2.45, 2.75) is 77.9 Å². The Balaban J connectivity index is 1.86. The molecule has 0 radical (unpaired) electrons. The van der Waals surface area contributed by atoms with Gasteiger partial charge in [0.2, 0.25) is 11.8 Å². The third-order valence-corrected chi connectivity index (χ3v) is 6.42. The molecule has 1 saturated carbocycles. The molecule has 1 aliphatic carbocycles.